The first-order valence-corrected chi connectivity index (χ1v) is 9.79. The van der Waals surface area contributed by atoms with Gasteiger partial charge in [0.2, 0.25) is 0 Å². The molecule has 1 aromatic carbocycles. The van der Waals surface area contributed by atoms with Crippen molar-refractivity contribution in [3.8, 4) is 11.4 Å². The van der Waals surface area contributed by atoms with Crippen LogP contribution in [0.1, 0.15) is 25.6 Å². The van der Waals surface area contributed by atoms with E-state index in [2.05, 4.69) is 20.8 Å². The molecule has 8 nitrogen and oxygen atoms in total. The SMILES string of the molecule is CC(C)(C)NC(=O)COC(=O)/C(=C/c1cccs1)n1nnnc1-c1ccccc1. The molecule has 3 aromatic rings. The number of aromatic nitrogens is 4. The topological polar surface area (TPSA) is 99.0 Å². The average molecular weight is 411 g/mol. The number of rotatable bonds is 6. The van der Waals surface area contributed by atoms with Gasteiger partial charge in [0.1, 0.15) is 0 Å². The molecule has 3 rings (SSSR count). The predicted molar refractivity (Wildman–Crippen MR) is 111 cm³/mol. The van der Waals surface area contributed by atoms with Crippen LogP contribution in [0, 0.1) is 0 Å². The van der Waals surface area contributed by atoms with E-state index in [4.69, 9.17) is 4.74 Å². The second-order valence-electron chi connectivity index (χ2n) is 7.20. The Balaban J connectivity index is 1.89. The lowest BCUT2D eigenvalue weighted by Crippen LogP contribution is -2.42. The smallest absolute Gasteiger partial charge is 0.357 e. The zero-order valence-electron chi connectivity index (χ0n) is 16.3. The van der Waals surface area contributed by atoms with Crippen molar-refractivity contribution in [3.05, 3.63) is 52.7 Å². The Bertz CT molecular complexity index is 1000. The first kappa shape index (κ1) is 20.4. The normalized spacial score (nSPS) is 11.9. The number of nitrogens with one attached hydrogen (secondary N) is 1. The number of carbonyl (C=O) groups excluding carboxylic acids is 2. The lowest BCUT2D eigenvalue weighted by Gasteiger charge is -2.20. The fourth-order valence-electron chi connectivity index (χ4n) is 2.49. The van der Waals surface area contributed by atoms with Crippen molar-refractivity contribution in [2.24, 2.45) is 0 Å². The summed E-state index contributed by atoms with van der Waals surface area (Å²) < 4.78 is 6.56. The van der Waals surface area contributed by atoms with Gasteiger partial charge in [-0.1, -0.05) is 36.4 Å². The summed E-state index contributed by atoms with van der Waals surface area (Å²) in [6.07, 6.45) is 1.64. The van der Waals surface area contributed by atoms with Crippen LogP contribution in [0.15, 0.2) is 47.8 Å². The van der Waals surface area contributed by atoms with Crippen molar-refractivity contribution in [2.75, 3.05) is 6.61 Å². The number of esters is 1. The van der Waals surface area contributed by atoms with Crippen molar-refractivity contribution in [1.29, 1.82) is 0 Å². The third-order valence-corrected chi connectivity index (χ3v) is 4.43. The van der Waals surface area contributed by atoms with Crippen LogP contribution in [0.5, 0.6) is 0 Å². The minimum Gasteiger partial charge on any atom is -0.451 e. The minimum absolute atomic E-state index is 0.111. The number of hydrogen-bond acceptors (Lipinski definition) is 7. The molecule has 0 radical (unpaired) electrons. The number of amides is 1. The second-order valence-corrected chi connectivity index (χ2v) is 8.18. The van der Waals surface area contributed by atoms with Gasteiger partial charge in [0, 0.05) is 16.0 Å². The third kappa shape index (κ3) is 5.58. The zero-order chi connectivity index (χ0) is 20.9. The molecule has 9 heteroatoms. The van der Waals surface area contributed by atoms with Crippen LogP contribution >= 0.6 is 11.3 Å². The lowest BCUT2D eigenvalue weighted by atomic mass is 10.1. The van der Waals surface area contributed by atoms with Crippen molar-refractivity contribution in [1.82, 2.24) is 25.5 Å². The quantitative estimate of drug-likeness (QED) is 0.495. The number of ether oxygens (including phenoxy) is 1. The molecule has 29 heavy (non-hydrogen) atoms. The van der Waals surface area contributed by atoms with Gasteiger partial charge in [0.15, 0.2) is 18.1 Å². The Hall–Kier alpha value is -3.33. The van der Waals surface area contributed by atoms with Gasteiger partial charge >= 0.3 is 5.97 Å². The van der Waals surface area contributed by atoms with Crippen molar-refractivity contribution in [2.45, 2.75) is 26.3 Å². The highest BCUT2D eigenvalue weighted by Gasteiger charge is 2.22. The van der Waals surface area contributed by atoms with Crippen LogP contribution < -0.4 is 5.32 Å². The maximum atomic E-state index is 12.8. The summed E-state index contributed by atoms with van der Waals surface area (Å²) in [5, 5.41) is 16.4. The highest BCUT2D eigenvalue weighted by atomic mass is 32.1. The first-order chi connectivity index (χ1) is 13.8. The fraction of sp³-hybridized carbons (Fsp3) is 0.250. The van der Waals surface area contributed by atoms with Crippen LogP contribution in [0.4, 0.5) is 0 Å². The molecule has 0 fully saturated rings. The van der Waals surface area contributed by atoms with Crippen molar-refractivity contribution in [3.63, 3.8) is 0 Å². The summed E-state index contributed by atoms with van der Waals surface area (Å²) >= 11 is 1.45. The molecule has 0 bridgehead atoms. The highest BCUT2D eigenvalue weighted by Crippen LogP contribution is 2.22. The Kier molecular flexibility index (Phi) is 6.18. The summed E-state index contributed by atoms with van der Waals surface area (Å²) in [4.78, 5) is 25.7. The Labute approximate surface area is 172 Å². The molecule has 0 saturated carbocycles. The van der Waals surface area contributed by atoms with Crippen LogP contribution in [0.25, 0.3) is 23.2 Å². The molecule has 0 aliphatic carbocycles. The minimum atomic E-state index is -0.702. The largest absolute Gasteiger partial charge is 0.451 e. The van der Waals surface area contributed by atoms with E-state index in [1.54, 1.807) is 6.08 Å². The molecular formula is C20H21N5O3S. The third-order valence-electron chi connectivity index (χ3n) is 3.61. The molecule has 0 spiro atoms. The van der Waals surface area contributed by atoms with Crippen molar-refractivity contribution >= 4 is 35.0 Å². The van der Waals surface area contributed by atoms with Crippen LogP contribution in [-0.2, 0) is 14.3 Å². The van der Waals surface area contributed by atoms with Gasteiger partial charge in [-0.15, -0.1) is 16.4 Å². The van der Waals surface area contributed by atoms with E-state index in [9.17, 15) is 9.59 Å². The Morgan fingerprint density at radius 2 is 1.93 bits per heavy atom. The van der Waals surface area contributed by atoms with Gasteiger partial charge in [-0.25, -0.2) is 4.79 Å². The lowest BCUT2D eigenvalue weighted by molar-refractivity contribution is -0.143. The molecule has 0 saturated heterocycles. The number of carbonyl (C=O) groups is 2. The first-order valence-electron chi connectivity index (χ1n) is 8.91. The van der Waals surface area contributed by atoms with Gasteiger partial charge in [-0.05, 0) is 48.7 Å². The average Bonchev–Trinajstić information content (AvgIpc) is 3.35. The van der Waals surface area contributed by atoms with E-state index in [1.165, 1.54) is 16.0 Å². The number of tetrazole rings is 1. The fourth-order valence-corrected chi connectivity index (χ4v) is 3.14. The molecule has 2 aromatic heterocycles. The monoisotopic (exact) mass is 411 g/mol. The predicted octanol–water partition coefficient (Wildman–Crippen LogP) is 2.86. The van der Waals surface area contributed by atoms with Gasteiger partial charge in [0.05, 0.1) is 0 Å². The summed E-state index contributed by atoms with van der Waals surface area (Å²) in [7, 11) is 0. The Morgan fingerprint density at radius 3 is 2.59 bits per heavy atom. The van der Waals surface area contributed by atoms with Crippen LogP contribution in [0.2, 0.25) is 0 Å². The molecule has 2 heterocycles. The maximum Gasteiger partial charge on any atom is 0.357 e. The second kappa shape index (κ2) is 8.78. The van der Waals surface area contributed by atoms with Gasteiger partial charge in [-0.2, -0.15) is 4.68 Å². The number of hydrogen-bond donors (Lipinski definition) is 1. The molecule has 0 aliphatic heterocycles. The summed E-state index contributed by atoms with van der Waals surface area (Å²) in [5.41, 5.74) is 0.433. The Morgan fingerprint density at radius 1 is 1.17 bits per heavy atom. The van der Waals surface area contributed by atoms with Crippen LogP contribution in [0.3, 0.4) is 0 Å². The van der Waals surface area contributed by atoms with Crippen LogP contribution in [-0.4, -0.2) is 44.2 Å². The van der Waals surface area contributed by atoms with E-state index in [0.29, 0.717) is 5.82 Å². The number of benzene rings is 1. The van der Waals surface area contributed by atoms with E-state index >= 15 is 0 Å². The summed E-state index contributed by atoms with van der Waals surface area (Å²) in [6, 6.07) is 13.0. The summed E-state index contributed by atoms with van der Waals surface area (Å²) in [6.45, 7) is 5.15. The molecule has 0 aliphatic rings. The van der Waals surface area contributed by atoms with E-state index in [1.807, 2.05) is 68.6 Å². The molecule has 0 atom stereocenters. The molecule has 1 N–H and O–H groups in total. The van der Waals surface area contributed by atoms with Crippen molar-refractivity contribution < 1.29 is 14.3 Å². The van der Waals surface area contributed by atoms with E-state index < -0.39 is 18.1 Å². The van der Waals surface area contributed by atoms with Gasteiger partial charge in [0.25, 0.3) is 5.91 Å². The number of thiophene rings is 1. The molecule has 150 valence electrons. The van der Waals surface area contributed by atoms with E-state index in [-0.39, 0.29) is 11.6 Å². The molecular weight excluding hydrogens is 390 g/mol. The maximum absolute atomic E-state index is 12.8. The van der Waals surface area contributed by atoms with Gasteiger partial charge in [-0.3, -0.25) is 4.79 Å². The molecule has 0 unspecified atom stereocenters. The molecule has 1 amide bonds. The highest BCUT2D eigenvalue weighted by molar-refractivity contribution is 7.10. The van der Waals surface area contributed by atoms with Gasteiger partial charge < -0.3 is 10.1 Å². The standard InChI is InChI=1S/C20H21N5O3S/c1-20(2,3)21-17(26)13-28-19(27)16(12-15-10-7-11-29-15)25-18(22-23-24-25)14-8-5-4-6-9-14/h4-12H,13H2,1-3H3,(H,21,26)/b16-12-. The summed E-state index contributed by atoms with van der Waals surface area (Å²) in [5.74, 6) is -0.697. The number of nitrogens with zero attached hydrogens (tertiary/aromatic N) is 4. The zero-order valence-corrected chi connectivity index (χ0v) is 17.1. The van der Waals surface area contributed by atoms with E-state index in [0.717, 1.165) is 10.4 Å².